The number of imidazole rings is 1. The van der Waals surface area contributed by atoms with Crippen molar-refractivity contribution in [2.45, 2.75) is 13.5 Å². The number of hydrogen-bond donors (Lipinski definition) is 1. The standard InChI is InChI=1S/C7H13N3.2ClH/c1-3-8-6-7-9-4-5-10(7)2;;/h4-5,8H,3,6H2,1-2H3;2*1H. The molecule has 0 unspecified atom stereocenters. The maximum atomic E-state index is 4.15. The molecule has 72 valence electrons. The minimum atomic E-state index is 0. The molecule has 0 saturated heterocycles. The number of halogens is 2. The Morgan fingerprint density at radius 2 is 2.17 bits per heavy atom. The van der Waals surface area contributed by atoms with E-state index in [0.29, 0.717) is 0 Å². The van der Waals surface area contributed by atoms with Crippen molar-refractivity contribution in [3.8, 4) is 0 Å². The van der Waals surface area contributed by atoms with E-state index >= 15 is 0 Å². The van der Waals surface area contributed by atoms with E-state index in [1.807, 2.05) is 24.0 Å². The molecule has 1 N–H and O–H groups in total. The number of rotatable bonds is 3. The van der Waals surface area contributed by atoms with Crippen LogP contribution < -0.4 is 5.32 Å². The molecule has 1 rings (SSSR count). The third kappa shape index (κ3) is 3.95. The quantitative estimate of drug-likeness (QED) is 0.820. The highest BCUT2D eigenvalue weighted by Gasteiger charge is 1.94. The third-order valence-electron chi connectivity index (χ3n) is 1.45. The average molecular weight is 212 g/mol. The van der Waals surface area contributed by atoms with Crippen LogP contribution in [0.15, 0.2) is 12.4 Å². The summed E-state index contributed by atoms with van der Waals surface area (Å²) in [6.07, 6.45) is 3.76. The number of aromatic nitrogens is 2. The Morgan fingerprint density at radius 1 is 1.50 bits per heavy atom. The monoisotopic (exact) mass is 211 g/mol. The molecule has 0 aliphatic carbocycles. The Morgan fingerprint density at radius 3 is 2.58 bits per heavy atom. The first-order valence-corrected chi connectivity index (χ1v) is 3.51. The normalized spacial score (nSPS) is 8.50. The first-order valence-electron chi connectivity index (χ1n) is 3.51. The summed E-state index contributed by atoms with van der Waals surface area (Å²) in [5, 5.41) is 3.21. The molecule has 0 aromatic carbocycles. The molecule has 5 heteroatoms. The first kappa shape index (κ1) is 14.3. The number of aryl methyl sites for hydroxylation is 1. The molecular formula is C7H15Cl2N3. The van der Waals surface area contributed by atoms with Gasteiger partial charge in [-0.15, -0.1) is 24.8 Å². The predicted octanol–water partition coefficient (Wildman–Crippen LogP) is 1.37. The van der Waals surface area contributed by atoms with Crippen LogP contribution in [0.4, 0.5) is 0 Å². The summed E-state index contributed by atoms with van der Waals surface area (Å²) in [7, 11) is 2.00. The van der Waals surface area contributed by atoms with Crippen LogP contribution in [-0.4, -0.2) is 16.1 Å². The summed E-state index contributed by atoms with van der Waals surface area (Å²) >= 11 is 0. The van der Waals surface area contributed by atoms with E-state index in [2.05, 4.69) is 17.2 Å². The lowest BCUT2D eigenvalue weighted by molar-refractivity contribution is 0.661. The molecule has 0 saturated carbocycles. The molecule has 0 aliphatic heterocycles. The van der Waals surface area contributed by atoms with E-state index in [1.54, 1.807) is 0 Å². The fourth-order valence-corrected chi connectivity index (χ4v) is 0.804. The highest BCUT2D eigenvalue weighted by Crippen LogP contribution is 1.91. The van der Waals surface area contributed by atoms with Gasteiger partial charge in [0.25, 0.3) is 0 Å². The van der Waals surface area contributed by atoms with Gasteiger partial charge in [-0.25, -0.2) is 4.98 Å². The van der Waals surface area contributed by atoms with Crippen molar-refractivity contribution >= 4 is 24.8 Å². The zero-order valence-electron chi connectivity index (χ0n) is 7.28. The third-order valence-corrected chi connectivity index (χ3v) is 1.45. The van der Waals surface area contributed by atoms with E-state index in [-0.39, 0.29) is 24.8 Å². The van der Waals surface area contributed by atoms with Gasteiger partial charge in [-0.3, -0.25) is 0 Å². The second-order valence-electron chi connectivity index (χ2n) is 2.23. The fraction of sp³-hybridized carbons (Fsp3) is 0.571. The molecule has 0 aliphatic rings. The number of hydrogen-bond acceptors (Lipinski definition) is 2. The van der Waals surface area contributed by atoms with Crippen LogP contribution in [0, 0.1) is 0 Å². The zero-order chi connectivity index (χ0) is 7.40. The van der Waals surface area contributed by atoms with Gasteiger partial charge in [0, 0.05) is 19.4 Å². The van der Waals surface area contributed by atoms with Gasteiger partial charge in [0.1, 0.15) is 5.82 Å². The molecule has 0 amide bonds. The second-order valence-corrected chi connectivity index (χ2v) is 2.23. The van der Waals surface area contributed by atoms with Crippen molar-refractivity contribution in [3.63, 3.8) is 0 Å². The van der Waals surface area contributed by atoms with Crippen LogP contribution in [0.25, 0.3) is 0 Å². The van der Waals surface area contributed by atoms with Gasteiger partial charge in [-0.1, -0.05) is 6.92 Å². The lowest BCUT2D eigenvalue weighted by Crippen LogP contribution is -2.14. The number of nitrogens with one attached hydrogen (secondary N) is 1. The molecule has 0 fully saturated rings. The Balaban J connectivity index is 0. The number of nitrogens with zero attached hydrogens (tertiary/aromatic N) is 2. The second kappa shape index (κ2) is 7.40. The molecule has 0 radical (unpaired) electrons. The van der Waals surface area contributed by atoms with Crippen molar-refractivity contribution in [2.24, 2.45) is 7.05 Å². The Bertz CT molecular complexity index is 200. The summed E-state index contributed by atoms with van der Waals surface area (Å²) in [5.74, 6) is 1.09. The first-order chi connectivity index (χ1) is 4.84. The molecule has 0 spiro atoms. The summed E-state index contributed by atoms with van der Waals surface area (Å²) in [4.78, 5) is 4.15. The van der Waals surface area contributed by atoms with Crippen LogP contribution in [0.1, 0.15) is 12.7 Å². The average Bonchev–Trinajstić information content (AvgIpc) is 2.31. The van der Waals surface area contributed by atoms with Gasteiger partial charge in [-0.05, 0) is 6.54 Å². The SMILES string of the molecule is CCNCc1nccn1C.Cl.Cl. The minimum Gasteiger partial charge on any atom is -0.337 e. The molecule has 1 aromatic rings. The van der Waals surface area contributed by atoms with Crippen molar-refractivity contribution in [1.29, 1.82) is 0 Å². The van der Waals surface area contributed by atoms with Gasteiger partial charge >= 0.3 is 0 Å². The summed E-state index contributed by atoms with van der Waals surface area (Å²) in [6, 6.07) is 0. The van der Waals surface area contributed by atoms with E-state index in [4.69, 9.17) is 0 Å². The predicted molar refractivity (Wildman–Crippen MR) is 55.1 cm³/mol. The van der Waals surface area contributed by atoms with E-state index in [1.165, 1.54) is 0 Å². The molecule has 1 aromatic heterocycles. The Labute approximate surface area is 85.4 Å². The maximum Gasteiger partial charge on any atom is 0.122 e. The van der Waals surface area contributed by atoms with Crippen LogP contribution in [0.5, 0.6) is 0 Å². The summed E-state index contributed by atoms with van der Waals surface area (Å²) in [6.45, 7) is 3.94. The summed E-state index contributed by atoms with van der Waals surface area (Å²) < 4.78 is 2.02. The van der Waals surface area contributed by atoms with Crippen LogP contribution in [0.2, 0.25) is 0 Å². The van der Waals surface area contributed by atoms with Crippen molar-refractivity contribution in [3.05, 3.63) is 18.2 Å². The Hall–Kier alpha value is -0.250. The van der Waals surface area contributed by atoms with Gasteiger partial charge in [0.15, 0.2) is 0 Å². The minimum absolute atomic E-state index is 0. The summed E-state index contributed by atoms with van der Waals surface area (Å²) in [5.41, 5.74) is 0. The van der Waals surface area contributed by atoms with Crippen LogP contribution >= 0.6 is 24.8 Å². The lowest BCUT2D eigenvalue weighted by Gasteiger charge is -2.00. The van der Waals surface area contributed by atoms with Gasteiger partial charge < -0.3 is 9.88 Å². The molecule has 3 nitrogen and oxygen atoms in total. The molecular weight excluding hydrogens is 197 g/mol. The van der Waals surface area contributed by atoms with Gasteiger partial charge in [-0.2, -0.15) is 0 Å². The lowest BCUT2D eigenvalue weighted by atomic mass is 10.5. The smallest absolute Gasteiger partial charge is 0.122 e. The van der Waals surface area contributed by atoms with Crippen LogP contribution in [0.3, 0.4) is 0 Å². The van der Waals surface area contributed by atoms with E-state index < -0.39 is 0 Å². The van der Waals surface area contributed by atoms with Crippen LogP contribution in [-0.2, 0) is 13.6 Å². The van der Waals surface area contributed by atoms with E-state index in [9.17, 15) is 0 Å². The highest BCUT2D eigenvalue weighted by molar-refractivity contribution is 5.85. The maximum absolute atomic E-state index is 4.15. The largest absolute Gasteiger partial charge is 0.337 e. The van der Waals surface area contributed by atoms with Crippen molar-refractivity contribution < 1.29 is 0 Å². The Kier molecular flexibility index (Phi) is 8.81. The molecule has 0 bridgehead atoms. The molecule has 1 heterocycles. The molecule has 12 heavy (non-hydrogen) atoms. The highest BCUT2D eigenvalue weighted by atomic mass is 35.5. The van der Waals surface area contributed by atoms with Gasteiger partial charge in [0.2, 0.25) is 0 Å². The van der Waals surface area contributed by atoms with Crippen molar-refractivity contribution in [2.75, 3.05) is 6.54 Å². The van der Waals surface area contributed by atoms with E-state index in [0.717, 1.165) is 18.9 Å². The van der Waals surface area contributed by atoms with Gasteiger partial charge in [0.05, 0.1) is 6.54 Å². The zero-order valence-corrected chi connectivity index (χ0v) is 8.91. The topological polar surface area (TPSA) is 29.9 Å². The fourth-order valence-electron chi connectivity index (χ4n) is 0.804. The van der Waals surface area contributed by atoms with Crippen molar-refractivity contribution in [1.82, 2.24) is 14.9 Å². The molecule has 0 atom stereocenters.